The van der Waals surface area contributed by atoms with E-state index >= 15 is 0 Å². The number of fused-ring (bicyclic) bond motifs is 1. The summed E-state index contributed by atoms with van der Waals surface area (Å²) in [6.45, 7) is 11.6. The van der Waals surface area contributed by atoms with Crippen LogP contribution < -0.4 is 10.6 Å². The Balaban J connectivity index is 0.000000291. The van der Waals surface area contributed by atoms with Gasteiger partial charge in [0.25, 0.3) is 0 Å². The highest BCUT2D eigenvalue weighted by molar-refractivity contribution is 5.84. The summed E-state index contributed by atoms with van der Waals surface area (Å²) in [5, 5.41) is 14.8. The molecule has 2 aromatic heterocycles. The van der Waals surface area contributed by atoms with E-state index in [1.165, 1.54) is 22.0 Å². The van der Waals surface area contributed by atoms with Crippen molar-refractivity contribution in [1.29, 1.82) is 0 Å². The van der Waals surface area contributed by atoms with Gasteiger partial charge in [-0.15, -0.1) is 5.10 Å². The van der Waals surface area contributed by atoms with Crippen LogP contribution in [-0.4, -0.2) is 137 Å². The second-order valence-electron chi connectivity index (χ2n) is 13.0. The number of aromatic nitrogens is 4. The maximum absolute atomic E-state index is 11.1. The highest BCUT2D eigenvalue weighted by Gasteiger charge is 2.22. The van der Waals surface area contributed by atoms with Crippen LogP contribution in [0.3, 0.4) is 0 Å². The average molecular weight is 718 g/mol. The number of aromatic amines is 1. The number of carbonyl (C=O) groups is 2. The lowest BCUT2D eigenvalue weighted by Gasteiger charge is -2.09. The van der Waals surface area contributed by atoms with E-state index in [2.05, 4.69) is 83.2 Å². The molecule has 3 N–H and O–H groups in total. The molecule has 1 aromatic carbocycles. The van der Waals surface area contributed by atoms with Gasteiger partial charge in [-0.1, -0.05) is 25.1 Å². The number of nitrogens with zero attached hydrogens (tertiary/aromatic N) is 4. The molecule has 0 saturated carbocycles. The monoisotopic (exact) mass is 717 g/mol. The zero-order chi connectivity index (χ0) is 36.7. The van der Waals surface area contributed by atoms with Crippen LogP contribution in [0.5, 0.6) is 0 Å². The third kappa shape index (κ3) is 17.9. The highest BCUT2D eigenvalue weighted by Crippen LogP contribution is 2.22. The Morgan fingerprint density at radius 2 is 1.69 bits per heavy atom. The van der Waals surface area contributed by atoms with Gasteiger partial charge < -0.3 is 48.9 Å². The van der Waals surface area contributed by atoms with Gasteiger partial charge in [0.15, 0.2) is 0 Å². The fraction of sp³-hybridized carbons (Fsp3) is 0.667. The Labute approximate surface area is 302 Å². The Kier molecular flexibility index (Phi) is 20.1. The topological polar surface area (TPSA) is 163 Å². The molecule has 51 heavy (non-hydrogen) atoms. The van der Waals surface area contributed by atoms with Gasteiger partial charge in [0.1, 0.15) is 12.3 Å². The van der Waals surface area contributed by atoms with Crippen molar-refractivity contribution in [3.05, 3.63) is 47.4 Å². The van der Waals surface area contributed by atoms with E-state index in [0.29, 0.717) is 85.0 Å². The number of aryl methyl sites for hydroxylation is 1. The molecular formula is C36H59N7O8. The molecule has 1 aliphatic heterocycles. The largest absolute Gasteiger partial charge is 0.447 e. The molecule has 1 unspecified atom stereocenters. The van der Waals surface area contributed by atoms with Crippen LogP contribution in [-0.2, 0) is 59.2 Å². The number of rotatable bonds is 25. The minimum Gasteiger partial charge on any atom is -0.447 e. The first-order valence-electron chi connectivity index (χ1n) is 17.9. The number of likely N-dealkylation sites (N-methyl/N-ethyl adjacent to an activating group) is 1. The van der Waals surface area contributed by atoms with E-state index in [1.54, 1.807) is 7.05 Å². The van der Waals surface area contributed by atoms with Crippen LogP contribution >= 0.6 is 0 Å². The normalized spacial score (nSPS) is 14.2. The van der Waals surface area contributed by atoms with Crippen molar-refractivity contribution < 1.29 is 38.0 Å². The first-order chi connectivity index (χ1) is 24.7. The molecule has 3 heterocycles. The van der Waals surface area contributed by atoms with Crippen LogP contribution in [0.1, 0.15) is 43.5 Å². The molecule has 4 rings (SSSR count). The molecule has 1 fully saturated rings. The van der Waals surface area contributed by atoms with Crippen molar-refractivity contribution in [3.63, 3.8) is 0 Å². The molecule has 1 saturated heterocycles. The van der Waals surface area contributed by atoms with Crippen molar-refractivity contribution in [2.75, 3.05) is 93.8 Å². The van der Waals surface area contributed by atoms with Crippen LogP contribution in [0, 0.1) is 5.92 Å². The molecule has 0 radical (unpaired) electrons. The molecule has 15 heteroatoms. The SMILES string of the molecule is CN(C)CCc1c[nH]c2ccc(CC3COC(=O)N3)cc12.CNC(=O)CCOCCOCCOCCOCCOCc1cn(CCC(C)C)nn1. The number of hydrogen-bond donors (Lipinski definition) is 3. The maximum Gasteiger partial charge on any atom is 0.407 e. The van der Waals surface area contributed by atoms with Gasteiger partial charge >= 0.3 is 6.09 Å². The van der Waals surface area contributed by atoms with E-state index in [0.717, 1.165) is 38.0 Å². The molecule has 1 atom stereocenters. The number of alkyl carbamates (subject to hydrolysis) is 1. The van der Waals surface area contributed by atoms with Crippen LogP contribution in [0.2, 0.25) is 0 Å². The Bertz CT molecular complexity index is 1400. The summed E-state index contributed by atoms with van der Waals surface area (Å²) in [5.41, 5.74) is 4.56. The van der Waals surface area contributed by atoms with E-state index < -0.39 is 0 Å². The Morgan fingerprint density at radius 1 is 1.02 bits per heavy atom. The molecule has 2 amide bonds. The first-order valence-corrected chi connectivity index (χ1v) is 17.9. The van der Waals surface area contributed by atoms with E-state index in [4.69, 9.17) is 28.4 Å². The third-order valence-electron chi connectivity index (χ3n) is 7.89. The smallest absolute Gasteiger partial charge is 0.407 e. The minimum atomic E-state index is -0.311. The number of amides is 2. The minimum absolute atomic E-state index is 0.0281. The van der Waals surface area contributed by atoms with E-state index in [1.807, 2.05) is 10.9 Å². The predicted molar refractivity (Wildman–Crippen MR) is 194 cm³/mol. The van der Waals surface area contributed by atoms with Crippen molar-refractivity contribution in [1.82, 2.24) is 35.5 Å². The molecule has 3 aromatic rings. The number of ether oxygens (including phenoxy) is 6. The molecule has 0 spiro atoms. The maximum atomic E-state index is 11.1. The Morgan fingerprint density at radius 3 is 2.29 bits per heavy atom. The predicted octanol–water partition coefficient (Wildman–Crippen LogP) is 2.97. The average Bonchev–Trinajstić information content (AvgIpc) is 3.86. The second kappa shape index (κ2) is 24.6. The van der Waals surface area contributed by atoms with E-state index in [9.17, 15) is 9.59 Å². The summed E-state index contributed by atoms with van der Waals surface area (Å²) in [7, 11) is 5.78. The number of nitrogens with one attached hydrogen (secondary N) is 3. The summed E-state index contributed by atoms with van der Waals surface area (Å²) < 4.78 is 33.9. The van der Waals surface area contributed by atoms with Gasteiger partial charge in [0.05, 0.1) is 78.3 Å². The summed E-state index contributed by atoms with van der Waals surface area (Å²) in [5.74, 6) is 0.619. The molecule has 0 aliphatic carbocycles. The lowest BCUT2D eigenvalue weighted by Crippen LogP contribution is -2.28. The zero-order valence-electron chi connectivity index (χ0n) is 31.1. The van der Waals surface area contributed by atoms with Crippen LogP contribution in [0.4, 0.5) is 4.79 Å². The molecule has 15 nitrogen and oxygen atoms in total. The van der Waals surface area contributed by atoms with Crippen molar-refractivity contribution >= 4 is 22.9 Å². The van der Waals surface area contributed by atoms with Crippen LogP contribution in [0.25, 0.3) is 10.9 Å². The fourth-order valence-electron chi connectivity index (χ4n) is 4.97. The fourth-order valence-corrected chi connectivity index (χ4v) is 4.97. The number of cyclic esters (lactones) is 1. The van der Waals surface area contributed by atoms with Crippen LogP contribution in [0.15, 0.2) is 30.6 Å². The van der Waals surface area contributed by atoms with Gasteiger partial charge in [-0.05, 0) is 62.5 Å². The number of benzene rings is 1. The summed E-state index contributed by atoms with van der Waals surface area (Å²) in [6, 6.07) is 6.53. The van der Waals surface area contributed by atoms with Crippen molar-refractivity contribution in [3.8, 4) is 0 Å². The van der Waals surface area contributed by atoms with E-state index in [-0.39, 0.29) is 18.0 Å². The lowest BCUT2D eigenvalue weighted by molar-refractivity contribution is -0.121. The van der Waals surface area contributed by atoms with Crippen molar-refractivity contribution in [2.45, 2.75) is 58.7 Å². The van der Waals surface area contributed by atoms with Gasteiger partial charge in [-0.2, -0.15) is 0 Å². The third-order valence-corrected chi connectivity index (χ3v) is 7.89. The van der Waals surface area contributed by atoms with Gasteiger partial charge in [0, 0.05) is 43.7 Å². The second-order valence-corrected chi connectivity index (χ2v) is 13.0. The lowest BCUT2D eigenvalue weighted by atomic mass is 10.0. The first kappa shape index (κ1) is 41.8. The summed E-state index contributed by atoms with van der Waals surface area (Å²) in [4.78, 5) is 27.6. The zero-order valence-corrected chi connectivity index (χ0v) is 31.1. The number of carbonyl (C=O) groups excluding carboxylic acids is 2. The summed E-state index contributed by atoms with van der Waals surface area (Å²) >= 11 is 0. The number of hydrogen-bond acceptors (Lipinski definition) is 11. The highest BCUT2D eigenvalue weighted by atomic mass is 16.6. The molecule has 286 valence electrons. The summed E-state index contributed by atoms with van der Waals surface area (Å²) in [6.07, 6.45) is 6.99. The number of H-pyrrole nitrogens is 1. The quantitative estimate of drug-likeness (QED) is 0.111. The molecule has 1 aliphatic rings. The standard InChI is InChI=1S/C20H38N4O6.C16H21N3O2/c1-18(2)4-6-24-16-19(22-23-24)17-30-15-14-29-13-12-28-11-10-27-9-8-26-7-5-20(25)21-3;1-19(2)6-5-12-9-17-15-4-3-11(8-14(12)15)7-13-10-21-16(20)18-13/h16,18H,4-15,17H2,1-3H3,(H,21,25);3-4,8-9,13,17H,5-7,10H2,1-2H3,(H,18,20). The Hall–Kier alpha value is -3.60. The van der Waals surface area contributed by atoms with Gasteiger partial charge in [0.2, 0.25) is 5.91 Å². The van der Waals surface area contributed by atoms with Gasteiger partial charge in [-0.25, -0.2) is 4.79 Å². The van der Waals surface area contributed by atoms with Crippen molar-refractivity contribution in [2.24, 2.45) is 5.92 Å². The molecule has 0 bridgehead atoms. The molecular weight excluding hydrogens is 658 g/mol. The van der Waals surface area contributed by atoms with Gasteiger partial charge in [-0.3, -0.25) is 9.48 Å².